The lowest BCUT2D eigenvalue weighted by Gasteiger charge is -2.61. The largest absolute Gasteiger partial charge is 0.313 e. The Labute approximate surface area is 95.8 Å². The summed E-state index contributed by atoms with van der Waals surface area (Å²) < 4.78 is 0. The maximum Gasteiger partial charge on any atom is 0.0872 e. The molecule has 3 heterocycles. The Morgan fingerprint density at radius 1 is 1.25 bits per heavy atom. The maximum absolute atomic E-state index is 3.65. The van der Waals surface area contributed by atoms with Gasteiger partial charge in [-0.05, 0) is 17.5 Å². The van der Waals surface area contributed by atoms with Crippen molar-refractivity contribution in [3.8, 4) is 0 Å². The van der Waals surface area contributed by atoms with Gasteiger partial charge in [-0.15, -0.1) is 0 Å². The van der Waals surface area contributed by atoms with Gasteiger partial charge in [0.15, 0.2) is 0 Å². The molecule has 2 fully saturated rings. The number of nitrogens with zero attached hydrogens (tertiary/aromatic N) is 1. The second-order valence-electron chi connectivity index (χ2n) is 5.25. The molecule has 0 saturated carbocycles. The molecule has 1 aromatic rings. The van der Waals surface area contributed by atoms with Gasteiger partial charge in [0.05, 0.1) is 6.17 Å². The Hall–Kier alpha value is -0.900. The molecule has 3 heteroatoms. The second kappa shape index (κ2) is 3.06. The minimum absolute atomic E-state index is 0.465. The predicted octanol–water partition coefficient (Wildman–Crippen LogP) is 0.836. The van der Waals surface area contributed by atoms with Crippen molar-refractivity contribution < 1.29 is 0 Å². The van der Waals surface area contributed by atoms with Crippen molar-refractivity contribution in [2.75, 3.05) is 19.6 Å². The molecule has 2 saturated heterocycles. The topological polar surface area (TPSA) is 27.3 Å². The molecule has 2 N–H and O–H groups in total. The minimum Gasteiger partial charge on any atom is -0.313 e. The van der Waals surface area contributed by atoms with Crippen molar-refractivity contribution in [3.63, 3.8) is 0 Å². The molecule has 0 radical (unpaired) electrons. The van der Waals surface area contributed by atoms with Crippen LogP contribution >= 0.6 is 0 Å². The summed E-state index contributed by atoms with van der Waals surface area (Å²) in [5.74, 6) is 0. The van der Waals surface area contributed by atoms with E-state index < -0.39 is 0 Å². The summed E-state index contributed by atoms with van der Waals surface area (Å²) in [6.45, 7) is 4.62. The molecule has 3 aliphatic heterocycles. The average molecular weight is 215 g/mol. The van der Waals surface area contributed by atoms with Crippen molar-refractivity contribution in [3.05, 3.63) is 35.4 Å². The third-order valence-electron chi connectivity index (χ3n) is 4.48. The third kappa shape index (κ3) is 1.03. The molecule has 1 aromatic carbocycles. The number of hydrogen-bond acceptors (Lipinski definition) is 3. The summed E-state index contributed by atoms with van der Waals surface area (Å²) in [5, 5.41) is 7.06. The molecule has 84 valence electrons. The number of hydrogen-bond donors (Lipinski definition) is 2. The number of fused-ring (bicyclic) bond motifs is 1. The van der Waals surface area contributed by atoms with E-state index in [4.69, 9.17) is 0 Å². The lowest BCUT2D eigenvalue weighted by molar-refractivity contribution is -0.0912. The Bertz CT molecular complexity index is 419. The smallest absolute Gasteiger partial charge is 0.0872 e. The van der Waals surface area contributed by atoms with Gasteiger partial charge < -0.3 is 5.32 Å². The fourth-order valence-corrected chi connectivity index (χ4v) is 3.31. The van der Waals surface area contributed by atoms with Crippen LogP contribution in [0.15, 0.2) is 24.3 Å². The second-order valence-corrected chi connectivity index (χ2v) is 5.25. The zero-order valence-electron chi connectivity index (χ0n) is 9.37. The van der Waals surface area contributed by atoms with Gasteiger partial charge >= 0.3 is 0 Å². The summed E-state index contributed by atoms with van der Waals surface area (Å²) in [5.41, 5.74) is 3.45. The Morgan fingerprint density at radius 2 is 2.12 bits per heavy atom. The Morgan fingerprint density at radius 3 is 2.81 bits per heavy atom. The molecule has 16 heavy (non-hydrogen) atoms. The van der Waals surface area contributed by atoms with Crippen molar-refractivity contribution in [2.24, 2.45) is 0 Å². The van der Waals surface area contributed by atoms with E-state index in [0.29, 0.717) is 11.7 Å². The van der Waals surface area contributed by atoms with E-state index in [2.05, 4.69) is 39.8 Å². The van der Waals surface area contributed by atoms with E-state index >= 15 is 0 Å². The molecule has 1 spiro atoms. The molecule has 4 rings (SSSR count). The SMILES string of the molecule is c1ccc2c(c1)CNC2N1CCC12CNC2. The molecule has 0 aromatic heterocycles. The normalized spacial score (nSPS) is 30.9. The highest BCUT2D eigenvalue weighted by molar-refractivity contribution is 5.34. The van der Waals surface area contributed by atoms with Gasteiger partial charge in [0.2, 0.25) is 0 Å². The quantitative estimate of drug-likeness (QED) is 0.727. The van der Waals surface area contributed by atoms with Crippen LogP contribution < -0.4 is 10.6 Å². The summed E-state index contributed by atoms with van der Waals surface area (Å²) in [4.78, 5) is 2.65. The molecule has 0 bridgehead atoms. The number of likely N-dealkylation sites (tertiary alicyclic amines) is 1. The molecular formula is C13H17N3. The van der Waals surface area contributed by atoms with Crippen LogP contribution in [0.2, 0.25) is 0 Å². The van der Waals surface area contributed by atoms with Crippen LogP contribution in [-0.4, -0.2) is 30.1 Å². The van der Waals surface area contributed by atoms with Crippen LogP contribution in [0.4, 0.5) is 0 Å². The molecule has 1 atom stereocenters. The van der Waals surface area contributed by atoms with Gasteiger partial charge in [-0.3, -0.25) is 10.2 Å². The van der Waals surface area contributed by atoms with Crippen LogP contribution in [-0.2, 0) is 6.54 Å². The predicted molar refractivity (Wildman–Crippen MR) is 62.9 cm³/mol. The first-order chi connectivity index (χ1) is 7.89. The lowest BCUT2D eigenvalue weighted by atomic mass is 9.78. The molecule has 0 aliphatic carbocycles. The van der Waals surface area contributed by atoms with Crippen molar-refractivity contribution in [2.45, 2.75) is 24.7 Å². The van der Waals surface area contributed by atoms with E-state index in [0.717, 1.165) is 6.54 Å². The number of benzene rings is 1. The van der Waals surface area contributed by atoms with Crippen molar-refractivity contribution in [1.29, 1.82) is 0 Å². The monoisotopic (exact) mass is 215 g/mol. The first-order valence-electron chi connectivity index (χ1n) is 6.18. The number of rotatable bonds is 1. The van der Waals surface area contributed by atoms with Crippen molar-refractivity contribution >= 4 is 0 Å². The van der Waals surface area contributed by atoms with E-state index in [1.807, 2.05) is 0 Å². The summed E-state index contributed by atoms with van der Waals surface area (Å²) >= 11 is 0. The van der Waals surface area contributed by atoms with Gasteiger partial charge in [-0.1, -0.05) is 24.3 Å². The lowest BCUT2D eigenvalue weighted by Crippen LogP contribution is -2.76. The summed E-state index contributed by atoms with van der Waals surface area (Å²) in [6.07, 6.45) is 1.83. The first kappa shape index (κ1) is 9.16. The zero-order chi connectivity index (χ0) is 10.6. The van der Waals surface area contributed by atoms with Gasteiger partial charge in [0.25, 0.3) is 0 Å². The summed E-state index contributed by atoms with van der Waals surface area (Å²) in [7, 11) is 0. The van der Waals surface area contributed by atoms with E-state index in [9.17, 15) is 0 Å². The van der Waals surface area contributed by atoms with Crippen LogP contribution in [0, 0.1) is 0 Å². The standard InChI is InChI=1S/C13H17N3/c1-2-4-11-10(3-1)7-15-12(11)16-6-5-13(16)8-14-9-13/h1-4,12,14-15H,5-9H2. The molecule has 0 amide bonds. The van der Waals surface area contributed by atoms with Crippen LogP contribution in [0.1, 0.15) is 23.7 Å². The van der Waals surface area contributed by atoms with Gasteiger partial charge in [-0.2, -0.15) is 0 Å². The zero-order valence-corrected chi connectivity index (χ0v) is 9.37. The third-order valence-corrected chi connectivity index (χ3v) is 4.48. The fourth-order valence-electron chi connectivity index (χ4n) is 3.31. The van der Waals surface area contributed by atoms with E-state index in [-0.39, 0.29) is 0 Å². The highest BCUT2D eigenvalue weighted by Crippen LogP contribution is 2.42. The fraction of sp³-hybridized carbons (Fsp3) is 0.538. The molecule has 1 unspecified atom stereocenters. The van der Waals surface area contributed by atoms with Gasteiger partial charge in [0.1, 0.15) is 0 Å². The highest BCUT2D eigenvalue weighted by Gasteiger charge is 2.52. The Balaban J connectivity index is 1.66. The van der Waals surface area contributed by atoms with Crippen molar-refractivity contribution in [1.82, 2.24) is 15.5 Å². The van der Waals surface area contributed by atoms with E-state index in [1.54, 1.807) is 0 Å². The minimum atomic E-state index is 0.465. The maximum atomic E-state index is 3.65. The van der Waals surface area contributed by atoms with Crippen LogP contribution in [0.5, 0.6) is 0 Å². The molecule has 3 nitrogen and oxygen atoms in total. The summed E-state index contributed by atoms with van der Waals surface area (Å²) in [6, 6.07) is 8.82. The average Bonchev–Trinajstić information content (AvgIpc) is 2.59. The number of nitrogens with one attached hydrogen (secondary N) is 2. The molecular weight excluding hydrogens is 198 g/mol. The molecule has 3 aliphatic rings. The van der Waals surface area contributed by atoms with Gasteiger partial charge in [0, 0.05) is 31.7 Å². The first-order valence-corrected chi connectivity index (χ1v) is 6.18. The van der Waals surface area contributed by atoms with E-state index in [1.165, 1.54) is 37.2 Å². The van der Waals surface area contributed by atoms with Gasteiger partial charge in [-0.25, -0.2) is 0 Å². The van der Waals surface area contributed by atoms with Crippen LogP contribution in [0.3, 0.4) is 0 Å². The van der Waals surface area contributed by atoms with Crippen LogP contribution in [0.25, 0.3) is 0 Å². The Kier molecular flexibility index (Phi) is 1.76. The highest BCUT2D eigenvalue weighted by atomic mass is 15.4.